The van der Waals surface area contributed by atoms with Crippen LogP contribution in [0.1, 0.15) is 13.3 Å². The largest absolute Gasteiger partial charge is 1.00 e. The van der Waals surface area contributed by atoms with Crippen molar-refractivity contribution in [2.45, 2.75) is 19.4 Å². The number of nitrogens with two attached hydrogens (primary N) is 1. The van der Waals surface area contributed by atoms with Gasteiger partial charge in [-0.2, -0.15) is 11.8 Å². The molecule has 0 fully saturated rings. The summed E-state index contributed by atoms with van der Waals surface area (Å²) in [5, 5.41) is 10.0. The van der Waals surface area contributed by atoms with Gasteiger partial charge in [-0.3, -0.25) is 0 Å². The smallest absolute Gasteiger partial charge is 0.548 e. The third-order valence-corrected chi connectivity index (χ3v) is 2.01. The van der Waals surface area contributed by atoms with Crippen LogP contribution in [0.25, 0.3) is 0 Å². The van der Waals surface area contributed by atoms with Gasteiger partial charge in [0.1, 0.15) is 0 Å². The maximum Gasteiger partial charge on any atom is 1.00 e. The van der Waals surface area contributed by atoms with Crippen LogP contribution in [0.4, 0.5) is 0 Å². The summed E-state index contributed by atoms with van der Waals surface area (Å²) in [6.07, 6.45) is 0.501. The molecule has 11 heavy (non-hydrogen) atoms. The van der Waals surface area contributed by atoms with Crippen molar-refractivity contribution in [1.29, 1.82) is 0 Å². The zero-order valence-electron chi connectivity index (χ0n) is 7.00. The Kier molecular flexibility index (Phi) is 10.7. The summed E-state index contributed by atoms with van der Waals surface area (Å²) in [5.41, 5.74) is 5.18. The summed E-state index contributed by atoms with van der Waals surface area (Å²) in [4.78, 5) is 10.0. The molecule has 0 heterocycles. The molecule has 0 saturated heterocycles. The molecule has 0 aliphatic heterocycles. The van der Waals surface area contributed by atoms with Gasteiger partial charge in [0.25, 0.3) is 0 Å². The van der Waals surface area contributed by atoms with Gasteiger partial charge in [0, 0.05) is 6.04 Å². The fraction of sp³-hybridized carbons (Fsp3) is 0.833. The summed E-state index contributed by atoms with van der Waals surface area (Å²) in [7, 11) is 0. The normalized spacial score (nSPS) is 11.8. The molecule has 3 nitrogen and oxygen atoms in total. The van der Waals surface area contributed by atoms with Gasteiger partial charge in [-0.05, 0) is 17.9 Å². The zero-order valence-corrected chi connectivity index (χ0v) is 7.82. The van der Waals surface area contributed by atoms with Gasteiger partial charge in [-0.25, -0.2) is 0 Å². The summed E-state index contributed by atoms with van der Waals surface area (Å²) in [5.74, 6) is 0.641. The van der Waals surface area contributed by atoms with Crippen molar-refractivity contribution < 1.29 is 28.8 Å². The first kappa shape index (κ1) is 13.9. The predicted molar refractivity (Wildman–Crippen MR) is 40.6 cm³/mol. The van der Waals surface area contributed by atoms with Crippen LogP contribution in [-0.2, 0) is 4.79 Å². The first-order chi connectivity index (χ1) is 4.68. The summed E-state index contributed by atoms with van der Waals surface area (Å²) >= 11 is 1.68. The van der Waals surface area contributed by atoms with Gasteiger partial charge >= 0.3 is 18.9 Å². The number of carbonyl (C=O) groups excluding carboxylic acids is 1. The molecule has 0 aromatic rings. The van der Waals surface area contributed by atoms with Crippen LogP contribution in [-0.4, -0.2) is 23.5 Å². The van der Waals surface area contributed by atoms with Crippen LogP contribution in [0.2, 0.25) is 0 Å². The van der Waals surface area contributed by atoms with E-state index < -0.39 is 12.0 Å². The van der Waals surface area contributed by atoms with Gasteiger partial charge in [0.05, 0.1) is 5.97 Å². The molecule has 0 aromatic heterocycles. The molecule has 0 unspecified atom stereocenters. The third-order valence-electron chi connectivity index (χ3n) is 1.08. The van der Waals surface area contributed by atoms with Crippen LogP contribution in [0.3, 0.4) is 0 Å². The van der Waals surface area contributed by atoms with Crippen molar-refractivity contribution in [3.8, 4) is 0 Å². The van der Waals surface area contributed by atoms with Crippen molar-refractivity contribution in [3.63, 3.8) is 0 Å². The molecule has 5 heteroatoms. The van der Waals surface area contributed by atoms with Crippen molar-refractivity contribution >= 4 is 17.7 Å². The molecule has 0 aliphatic carbocycles. The summed E-state index contributed by atoms with van der Waals surface area (Å²) in [6, 6.07) is -0.793. The molecule has 60 valence electrons. The molecular formula is C6H12LiNO2S. The summed E-state index contributed by atoms with van der Waals surface area (Å²) < 4.78 is 0. The van der Waals surface area contributed by atoms with Crippen molar-refractivity contribution in [2.24, 2.45) is 5.73 Å². The first-order valence-corrected chi connectivity index (χ1v) is 4.38. The van der Waals surface area contributed by atoms with E-state index in [-0.39, 0.29) is 18.9 Å². The predicted octanol–water partition coefficient (Wildman–Crippen LogP) is -3.79. The van der Waals surface area contributed by atoms with Gasteiger partial charge in [-0.15, -0.1) is 0 Å². The molecule has 0 aromatic carbocycles. The maximum absolute atomic E-state index is 10.0. The standard InChI is InChI=1S/C6H13NO2S.Li/c1-2-10-4-3-5(7)6(8)9;/h5H,2-4,7H2,1H3,(H,8,9);/q;+1/p-1/t5-;/m0./s1. The second kappa shape index (κ2) is 8.47. The van der Waals surface area contributed by atoms with E-state index >= 15 is 0 Å². The molecule has 0 aliphatic rings. The van der Waals surface area contributed by atoms with E-state index in [0.29, 0.717) is 6.42 Å². The molecule has 0 saturated carbocycles. The Morgan fingerprint density at radius 2 is 2.27 bits per heavy atom. The Labute approximate surface area is 83.3 Å². The second-order valence-corrected chi connectivity index (χ2v) is 3.30. The minimum absolute atomic E-state index is 0. The number of aliphatic carboxylic acids is 1. The van der Waals surface area contributed by atoms with Gasteiger partial charge < -0.3 is 15.6 Å². The van der Waals surface area contributed by atoms with E-state index in [0.717, 1.165) is 11.5 Å². The number of carboxylic acid groups (broad SMARTS) is 1. The Bertz CT molecular complexity index is 113. The van der Waals surface area contributed by atoms with E-state index in [2.05, 4.69) is 0 Å². The SMILES string of the molecule is CCSCC[C@H](N)C(=O)[O-].[Li+]. The molecular weight excluding hydrogens is 157 g/mol. The molecule has 2 N–H and O–H groups in total. The molecule has 0 spiro atoms. The topological polar surface area (TPSA) is 66.2 Å². The number of rotatable bonds is 5. The van der Waals surface area contributed by atoms with Gasteiger partial charge in [0.15, 0.2) is 0 Å². The Balaban J connectivity index is 0. The first-order valence-electron chi connectivity index (χ1n) is 3.22. The fourth-order valence-electron chi connectivity index (χ4n) is 0.472. The van der Waals surface area contributed by atoms with Crippen molar-refractivity contribution in [1.82, 2.24) is 0 Å². The number of carboxylic acids is 1. The molecule has 1 atom stereocenters. The number of hydrogen-bond acceptors (Lipinski definition) is 4. The quantitative estimate of drug-likeness (QED) is 0.339. The molecule has 0 rings (SSSR count). The average molecular weight is 169 g/mol. The van der Waals surface area contributed by atoms with Crippen LogP contribution in [0, 0.1) is 0 Å². The Morgan fingerprint density at radius 1 is 1.73 bits per heavy atom. The number of thioether (sulfide) groups is 1. The zero-order chi connectivity index (χ0) is 7.98. The number of carbonyl (C=O) groups is 1. The second-order valence-electron chi connectivity index (χ2n) is 1.91. The molecule has 0 amide bonds. The van der Waals surface area contributed by atoms with E-state index in [4.69, 9.17) is 5.73 Å². The van der Waals surface area contributed by atoms with Crippen LogP contribution < -0.4 is 29.7 Å². The number of hydrogen-bond donors (Lipinski definition) is 1. The van der Waals surface area contributed by atoms with E-state index in [1.165, 1.54) is 0 Å². The minimum atomic E-state index is -1.16. The van der Waals surface area contributed by atoms with Gasteiger partial charge in [0.2, 0.25) is 0 Å². The Morgan fingerprint density at radius 3 is 2.64 bits per heavy atom. The van der Waals surface area contributed by atoms with Crippen LogP contribution in [0.15, 0.2) is 0 Å². The van der Waals surface area contributed by atoms with Crippen LogP contribution in [0.5, 0.6) is 0 Å². The van der Waals surface area contributed by atoms with Crippen molar-refractivity contribution in [3.05, 3.63) is 0 Å². The maximum atomic E-state index is 10.0. The molecule has 0 bridgehead atoms. The van der Waals surface area contributed by atoms with E-state index in [9.17, 15) is 9.90 Å². The van der Waals surface area contributed by atoms with Crippen LogP contribution >= 0.6 is 11.8 Å². The van der Waals surface area contributed by atoms with E-state index in [1.54, 1.807) is 11.8 Å². The third kappa shape index (κ3) is 8.28. The monoisotopic (exact) mass is 169 g/mol. The summed E-state index contributed by atoms with van der Waals surface area (Å²) in [6.45, 7) is 2.02. The fourth-order valence-corrected chi connectivity index (χ4v) is 1.18. The minimum Gasteiger partial charge on any atom is -0.548 e. The van der Waals surface area contributed by atoms with Crippen molar-refractivity contribution in [2.75, 3.05) is 11.5 Å². The van der Waals surface area contributed by atoms with E-state index in [1.807, 2.05) is 6.92 Å². The van der Waals surface area contributed by atoms with Gasteiger partial charge in [-0.1, -0.05) is 6.92 Å². The average Bonchev–Trinajstić information content (AvgIpc) is 1.88. The Hall–Kier alpha value is 0.377. The molecule has 0 radical (unpaired) electrons.